The first kappa shape index (κ1) is 15.7. The Hall–Kier alpha value is -2.22. The number of nitrogens with zero attached hydrogens (tertiary/aromatic N) is 3. The molecule has 0 unspecified atom stereocenters. The van der Waals surface area contributed by atoms with Gasteiger partial charge in [-0.05, 0) is 66.3 Å². The molecule has 0 fully saturated rings. The second-order valence-corrected chi connectivity index (χ2v) is 6.34. The number of anilines is 1. The van der Waals surface area contributed by atoms with Gasteiger partial charge in [0.05, 0.1) is 11.4 Å². The van der Waals surface area contributed by atoms with Crippen LogP contribution in [0.25, 0.3) is 5.69 Å². The van der Waals surface area contributed by atoms with Gasteiger partial charge in [0, 0.05) is 9.26 Å². The van der Waals surface area contributed by atoms with E-state index in [4.69, 9.17) is 0 Å². The molecule has 0 aliphatic carbocycles. The quantitative estimate of drug-likeness (QED) is 0.660. The molecule has 3 rings (SSSR count). The molecule has 0 radical (unpaired) electrons. The molecule has 0 atom stereocenters. The Labute approximate surface area is 147 Å². The number of hydrogen-bond acceptors (Lipinski definition) is 3. The van der Waals surface area contributed by atoms with Crippen molar-refractivity contribution in [1.29, 1.82) is 0 Å². The normalized spacial score (nSPS) is 10.6. The summed E-state index contributed by atoms with van der Waals surface area (Å²) in [4.78, 5) is 13.9. The predicted molar refractivity (Wildman–Crippen MR) is 97.9 cm³/mol. The maximum atomic E-state index is 12.4. The standard InChI is InChI=1S/C17H15IN4O/c1-11-8-9-13(10-15(11)18)19-17(23)16-12(2)20-22(21-16)14-6-4-3-5-7-14/h3-10H,1-2H3,(H,19,23). The number of rotatable bonds is 3. The van der Waals surface area contributed by atoms with Gasteiger partial charge in [0.25, 0.3) is 5.91 Å². The highest BCUT2D eigenvalue weighted by Crippen LogP contribution is 2.18. The highest BCUT2D eigenvalue weighted by molar-refractivity contribution is 14.1. The Morgan fingerprint density at radius 1 is 1.09 bits per heavy atom. The molecule has 3 aromatic rings. The number of aryl methyl sites for hydroxylation is 2. The minimum Gasteiger partial charge on any atom is -0.320 e. The molecule has 5 nitrogen and oxygen atoms in total. The Kier molecular flexibility index (Phi) is 4.42. The van der Waals surface area contributed by atoms with Gasteiger partial charge in [-0.15, -0.1) is 5.10 Å². The van der Waals surface area contributed by atoms with Crippen LogP contribution in [0.5, 0.6) is 0 Å². The van der Waals surface area contributed by atoms with E-state index in [1.807, 2.05) is 55.5 Å². The van der Waals surface area contributed by atoms with Gasteiger partial charge in [-0.3, -0.25) is 4.79 Å². The SMILES string of the molecule is Cc1ccc(NC(=O)c2nn(-c3ccccc3)nc2C)cc1I. The Bertz CT molecular complexity index is 858. The largest absolute Gasteiger partial charge is 0.320 e. The molecular weight excluding hydrogens is 403 g/mol. The molecule has 6 heteroatoms. The molecule has 1 amide bonds. The Balaban J connectivity index is 1.85. The molecule has 0 saturated heterocycles. The molecule has 116 valence electrons. The van der Waals surface area contributed by atoms with Gasteiger partial charge in [0.15, 0.2) is 5.69 Å². The van der Waals surface area contributed by atoms with Crippen molar-refractivity contribution in [3.05, 3.63) is 69.1 Å². The van der Waals surface area contributed by atoms with E-state index in [0.29, 0.717) is 11.4 Å². The number of hydrogen-bond donors (Lipinski definition) is 1. The molecule has 2 aromatic carbocycles. The number of carbonyl (C=O) groups excluding carboxylic acids is 1. The summed E-state index contributed by atoms with van der Waals surface area (Å²) >= 11 is 2.25. The average molecular weight is 418 g/mol. The van der Waals surface area contributed by atoms with Gasteiger partial charge in [-0.2, -0.15) is 9.90 Å². The fourth-order valence-corrected chi connectivity index (χ4v) is 2.64. The van der Waals surface area contributed by atoms with E-state index in [9.17, 15) is 4.79 Å². The third-order valence-corrected chi connectivity index (χ3v) is 4.58. The first-order valence-electron chi connectivity index (χ1n) is 7.11. The van der Waals surface area contributed by atoms with Gasteiger partial charge >= 0.3 is 0 Å². The van der Waals surface area contributed by atoms with Crippen LogP contribution in [0.1, 0.15) is 21.7 Å². The molecule has 1 N–H and O–H groups in total. The van der Waals surface area contributed by atoms with Crippen LogP contribution in [-0.4, -0.2) is 20.9 Å². The van der Waals surface area contributed by atoms with Crippen LogP contribution in [0.3, 0.4) is 0 Å². The topological polar surface area (TPSA) is 59.8 Å². The van der Waals surface area contributed by atoms with E-state index < -0.39 is 0 Å². The lowest BCUT2D eigenvalue weighted by atomic mass is 10.2. The van der Waals surface area contributed by atoms with Crippen molar-refractivity contribution in [2.24, 2.45) is 0 Å². The van der Waals surface area contributed by atoms with E-state index in [-0.39, 0.29) is 5.91 Å². The van der Waals surface area contributed by atoms with E-state index in [1.165, 1.54) is 10.4 Å². The van der Waals surface area contributed by atoms with Gasteiger partial charge in [0.2, 0.25) is 0 Å². The molecule has 1 heterocycles. The highest BCUT2D eigenvalue weighted by atomic mass is 127. The van der Waals surface area contributed by atoms with E-state index >= 15 is 0 Å². The fraction of sp³-hybridized carbons (Fsp3) is 0.118. The lowest BCUT2D eigenvalue weighted by Crippen LogP contribution is -2.14. The number of amides is 1. The van der Waals surface area contributed by atoms with Crippen LogP contribution in [0.4, 0.5) is 5.69 Å². The van der Waals surface area contributed by atoms with Gasteiger partial charge < -0.3 is 5.32 Å². The van der Waals surface area contributed by atoms with Crippen LogP contribution in [0, 0.1) is 17.4 Å². The molecular formula is C17H15IN4O. The van der Waals surface area contributed by atoms with E-state index in [2.05, 4.69) is 38.1 Å². The summed E-state index contributed by atoms with van der Waals surface area (Å²) in [6, 6.07) is 15.3. The summed E-state index contributed by atoms with van der Waals surface area (Å²) < 4.78 is 1.10. The predicted octanol–water partition coefficient (Wildman–Crippen LogP) is 3.74. The van der Waals surface area contributed by atoms with Crippen molar-refractivity contribution >= 4 is 34.2 Å². The zero-order chi connectivity index (χ0) is 16.4. The van der Waals surface area contributed by atoms with Crippen molar-refractivity contribution in [3.8, 4) is 5.69 Å². The van der Waals surface area contributed by atoms with E-state index in [1.54, 1.807) is 6.92 Å². The highest BCUT2D eigenvalue weighted by Gasteiger charge is 2.16. The molecule has 0 saturated carbocycles. The summed E-state index contributed by atoms with van der Waals surface area (Å²) in [5.74, 6) is -0.260. The van der Waals surface area contributed by atoms with Crippen molar-refractivity contribution in [2.75, 3.05) is 5.32 Å². The number of para-hydroxylation sites is 1. The molecule has 0 aliphatic heterocycles. The first-order chi connectivity index (χ1) is 11.0. The summed E-state index contributed by atoms with van der Waals surface area (Å²) in [7, 11) is 0. The van der Waals surface area contributed by atoms with Crippen molar-refractivity contribution in [2.45, 2.75) is 13.8 Å². The smallest absolute Gasteiger partial charge is 0.278 e. The van der Waals surface area contributed by atoms with Crippen molar-refractivity contribution in [3.63, 3.8) is 0 Å². The number of halogens is 1. The Morgan fingerprint density at radius 2 is 1.83 bits per heavy atom. The maximum absolute atomic E-state index is 12.4. The second-order valence-electron chi connectivity index (χ2n) is 5.18. The van der Waals surface area contributed by atoms with Crippen molar-refractivity contribution < 1.29 is 4.79 Å². The number of aromatic nitrogens is 3. The summed E-state index contributed by atoms with van der Waals surface area (Å²) in [6.45, 7) is 3.81. The van der Waals surface area contributed by atoms with Crippen molar-refractivity contribution in [1.82, 2.24) is 15.0 Å². The Morgan fingerprint density at radius 3 is 2.52 bits per heavy atom. The summed E-state index contributed by atoms with van der Waals surface area (Å²) in [5, 5.41) is 11.5. The summed E-state index contributed by atoms with van der Waals surface area (Å²) in [6.07, 6.45) is 0. The maximum Gasteiger partial charge on any atom is 0.278 e. The van der Waals surface area contributed by atoms with Gasteiger partial charge in [0.1, 0.15) is 0 Å². The number of benzene rings is 2. The molecule has 0 bridgehead atoms. The van der Waals surface area contributed by atoms with Crippen LogP contribution in [0.2, 0.25) is 0 Å². The average Bonchev–Trinajstić information content (AvgIpc) is 2.94. The van der Waals surface area contributed by atoms with Crippen LogP contribution in [0.15, 0.2) is 48.5 Å². The van der Waals surface area contributed by atoms with Crippen LogP contribution >= 0.6 is 22.6 Å². The lowest BCUT2D eigenvalue weighted by Gasteiger charge is -2.05. The third kappa shape index (κ3) is 3.42. The molecule has 0 spiro atoms. The zero-order valence-corrected chi connectivity index (χ0v) is 14.9. The molecule has 23 heavy (non-hydrogen) atoms. The fourth-order valence-electron chi connectivity index (χ4n) is 2.13. The number of nitrogens with one attached hydrogen (secondary N) is 1. The summed E-state index contributed by atoms with van der Waals surface area (Å²) in [5.41, 5.74) is 3.66. The monoisotopic (exact) mass is 418 g/mol. The lowest BCUT2D eigenvalue weighted by molar-refractivity contribution is 0.102. The van der Waals surface area contributed by atoms with Gasteiger partial charge in [-0.25, -0.2) is 0 Å². The minimum atomic E-state index is -0.260. The van der Waals surface area contributed by atoms with Crippen LogP contribution in [-0.2, 0) is 0 Å². The molecule has 0 aliphatic rings. The van der Waals surface area contributed by atoms with Gasteiger partial charge in [-0.1, -0.05) is 24.3 Å². The zero-order valence-electron chi connectivity index (χ0n) is 12.7. The van der Waals surface area contributed by atoms with E-state index in [0.717, 1.165) is 14.9 Å². The second kappa shape index (κ2) is 6.49. The molecule has 1 aromatic heterocycles. The first-order valence-corrected chi connectivity index (χ1v) is 8.19. The minimum absolute atomic E-state index is 0.260. The van der Waals surface area contributed by atoms with Crippen LogP contribution < -0.4 is 5.32 Å². The third-order valence-electron chi connectivity index (χ3n) is 3.41. The number of carbonyl (C=O) groups is 1.